The molecule has 1 fully saturated rings. The normalized spacial score (nSPS) is 23.2. The van der Waals surface area contributed by atoms with E-state index < -0.39 is 34.1 Å². The first kappa shape index (κ1) is 25.9. The monoisotopic (exact) mass is 575 g/mol. The lowest BCUT2D eigenvalue weighted by molar-refractivity contribution is -0.384. The zero-order valence-corrected chi connectivity index (χ0v) is 22.7. The van der Waals surface area contributed by atoms with Gasteiger partial charge in [0.1, 0.15) is 11.5 Å². The van der Waals surface area contributed by atoms with Crippen molar-refractivity contribution in [1.82, 2.24) is 4.90 Å². The Morgan fingerprint density at radius 3 is 2.24 bits per heavy atom. The number of nitrogens with zero attached hydrogens (tertiary/aromatic N) is 2. The van der Waals surface area contributed by atoms with Gasteiger partial charge in [-0.3, -0.25) is 24.5 Å². The van der Waals surface area contributed by atoms with Crippen LogP contribution < -0.4 is 5.32 Å². The number of halogens is 1. The molecule has 9 heteroatoms. The average Bonchev–Trinajstić information content (AvgIpc) is 3.49. The molecule has 1 N–H and O–H groups in total. The second-order valence-corrected chi connectivity index (χ2v) is 11.1. The molecule has 8 nitrogen and oxygen atoms in total. The molecule has 4 atom stereocenters. The van der Waals surface area contributed by atoms with Crippen molar-refractivity contribution < 1.29 is 19.3 Å². The van der Waals surface area contributed by atoms with E-state index in [1.165, 1.54) is 24.3 Å². The van der Waals surface area contributed by atoms with Crippen LogP contribution in [0.4, 0.5) is 11.4 Å². The Bertz CT molecular complexity index is 1840. The number of hydrogen-bond donors (Lipinski definition) is 1. The number of rotatable bonds is 5. The molecule has 3 aliphatic rings. The molecule has 3 aliphatic heterocycles. The summed E-state index contributed by atoms with van der Waals surface area (Å²) in [5.74, 6) is -2.35. The SMILES string of the molecule is O=C(c1ccc(Cl)cc1)[C@@H]1[C@H](C(=O)c2ccc([N+](=O)[O-])cc2)[C@]2(C(=O)Nc3ccccc32)[C@H]2c3ccccc3C=CN12. The minimum absolute atomic E-state index is 0.167. The summed E-state index contributed by atoms with van der Waals surface area (Å²) in [5, 5.41) is 14.8. The van der Waals surface area contributed by atoms with Crippen LogP contribution in [0, 0.1) is 16.0 Å². The quantitative estimate of drug-likeness (QED) is 0.172. The Morgan fingerprint density at radius 1 is 0.857 bits per heavy atom. The van der Waals surface area contributed by atoms with Gasteiger partial charge in [0.05, 0.1) is 16.9 Å². The number of Topliss-reactive ketones (excluding diaryl/α,β-unsaturated/α-hetero) is 2. The number of amides is 1. The number of hydrogen-bond acceptors (Lipinski definition) is 6. The molecule has 42 heavy (non-hydrogen) atoms. The summed E-state index contributed by atoms with van der Waals surface area (Å²) in [6.07, 6.45) is 3.68. The first-order chi connectivity index (χ1) is 20.3. The highest BCUT2D eigenvalue weighted by atomic mass is 35.5. The lowest BCUT2D eigenvalue weighted by Crippen LogP contribution is -2.49. The number of carbonyl (C=O) groups excluding carboxylic acids is 3. The molecular formula is C33H22ClN3O5. The van der Waals surface area contributed by atoms with Crippen molar-refractivity contribution in [2.45, 2.75) is 17.5 Å². The molecule has 7 rings (SSSR count). The molecule has 1 amide bonds. The number of anilines is 1. The van der Waals surface area contributed by atoms with Gasteiger partial charge in [0, 0.05) is 40.2 Å². The van der Waals surface area contributed by atoms with Crippen LogP contribution in [0.2, 0.25) is 5.02 Å². The summed E-state index contributed by atoms with van der Waals surface area (Å²) in [5.41, 5.74) is 1.78. The van der Waals surface area contributed by atoms with Crippen LogP contribution >= 0.6 is 11.6 Å². The third-order valence-corrected chi connectivity index (χ3v) is 8.86. The number of ketones is 2. The number of carbonyl (C=O) groups is 3. The number of benzene rings is 4. The Labute approximate surface area is 245 Å². The molecule has 1 spiro atoms. The highest BCUT2D eigenvalue weighted by molar-refractivity contribution is 6.30. The van der Waals surface area contributed by atoms with Crippen molar-refractivity contribution in [2.75, 3.05) is 5.32 Å². The van der Waals surface area contributed by atoms with E-state index in [-0.39, 0.29) is 22.9 Å². The van der Waals surface area contributed by atoms with Crippen LogP contribution in [0.5, 0.6) is 0 Å². The molecule has 0 saturated carbocycles. The third kappa shape index (κ3) is 3.58. The standard InChI is InChI=1S/C33H22ClN3O5/c34-22-13-9-21(10-14-22)30(39)28-27(29(38)20-11-15-23(16-12-20)37(41)42)33(25-7-3-4-8-26(25)35-32(33)40)31-24-6-2-1-5-19(24)17-18-36(28)31/h1-18,27-28,31H,(H,35,40)/t27-,28+,31-,33+/m1/s1. The molecule has 3 heterocycles. The van der Waals surface area contributed by atoms with Crippen molar-refractivity contribution in [3.8, 4) is 0 Å². The van der Waals surface area contributed by atoms with Gasteiger partial charge in [0.15, 0.2) is 11.6 Å². The van der Waals surface area contributed by atoms with E-state index in [4.69, 9.17) is 11.6 Å². The number of fused-ring (bicyclic) bond motifs is 6. The minimum atomic E-state index is -1.48. The first-order valence-electron chi connectivity index (χ1n) is 13.4. The maximum absolute atomic E-state index is 14.7. The summed E-state index contributed by atoms with van der Waals surface area (Å²) in [6.45, 7) is 0. The summed E-state index contributed by atoms with van der Waals surface area (Å²) in [4.78, 5) is 56.3. The fourth-order valence-corrected chi connectivity index (χ4v) is 7.01. The van der Waals surface area contributed by atoms with Crippen LogP contribution in [0.15, 0.2) is 103 Å². The van der Waals surface area contributed by atoms with Crippen molar-refractivity contribution in [1.29, 1.82) is 0 Å². The number of nitro benzene ring substituents is 1. The number of para-hydroxylation sites is 1. The van der Waals surface area contributed by atoms with Crippen LogP contribution in [-0.2, 0) is 10.2 Å². The third-order valence-electron chi connectivity index (χ3n) is 8.61. The topological polar surface area (TPSA) is 110 Å². The van der Waals surface area contributed by atoms with Crippen molar-refractivity contribution in [3.05, 3.63) is 146 Å². The van der Waals surface area contributed by atoms with E-state index in [1.807, 2.05) is 53.4 Å². The van der Waals surface area contributed by atoms with Gasteiger partial charge in [-0.1, -0.05) is 54.1 Å². The molecule has 4 aromatic carbocycles. The average molecular weight is 576 g/mol. The van der Waals surface area contributed by atoms with Crippen molar-refractivity contribution in [3.63, 3.8) is 0 Å². The molecule has 0 aromatic heterocycles. The fraction of sp³-hybridized carbons (Fsp3) is 0.121. The van der Waals surface area contributed by atoms with E-state index in [2.05, 4.69) is 5.32 Å². The highest BCUT2D eigenvalue weighted by Crippen LogP contribution is 2.62. The van der Waals surface area contributed by atoms with E-state index in [1.54, 1.807) is 36.5 Å². The highest BCUT2D eigenvalue weighted by Gasteiger charge is 2.70. The number of nitrogens with one attached hydrogen (secondary N) is 1. The predicted octanol–water partition coefficient (Wildman–Crippen LogP) is 6.23. The van der Waals surface area contributed by atoms with E-state index in [9.17, 15) is 24.5 Å². The van der Waals surface area contributed by atoms with E-state index in [0.29, 0.717) is 21.8 Å². The van der Waals surface area contributed by atoms with Gasteiger partial charge in [-0.15, -0.1) is 0 Å². The van der Waals surface area contributed by atoms with E-state index in [0.717, 1.165) is 11.1 Å². The van der Waals surface area contributed by atoms with Gasteiger partial charge in [-0.2, -0.15) is 0 Å². The smallest absolute Gasteiger partial charge is 0.269 e. The van der Waals surface area contributed by atoms with E-state index >= 15 is 0 Å². The molecule has 0 aliphatic carbocycles. The lowest BCUT2D eigenvalue weighted by atomic mass is 9.62. The van der Waals surface area contributed by atoms with Gasteiger partial charge >= 0.3 is 0 Å². The second-order valence-electron chi connectivity index (χ2n) is 10.6. The molecule has 0 bridgehead atoms. The molecule has 206 valence electrons. The molecule has 0 radical (unpaired) electrons. The Kier molecular flexibility index (Phi) is 5.85. The van der Waals surface area contributed by atoms with Crippen LogP contribution in [-0.4, -0.2) is 33.3 Å². The van der Waals surface area contributed by atoms with Gasteiger partial charge in [0.2, 0.25) is 5.91 Å². The molecular weight excluding hydrogens is 554 g/mol. The first-order valence-corrected chi connectivity index (χ1v) is 13.7. The van der Waals surface area contributed by atoms with Gasteiger partial charge in [-0.05, 0) is 65.2 Å². The Hall–Kier alpha value is -5.08. The zero-order chi connectivity index (χ0) is 29.2. The summed E-state index contributed by atoms with van der Waals surface area (Å²) >= 11 is 6.12. The van der Waals surface area contributed by atoms with Crippen LogP contribution in [0.1, 0.15) is 43.4 Å². The largest absolute Gasteiger partial charge is 0.358 e. The predicted molar refractivity (Wildman–Crippen MR) is 157 cm³/mol. The summed E-state index contributed by atoms with van der Waals surface area (Å²) in [7, 11) is 0. The summed E-state index contributed by atoms with van der Waals surface area (Å²) < 4.78 is 0. The van der Waals surface area contributed by atoms with Gasteiger partial charge in [0.25, 0.3) is 5.69 Å². The second kappa shape index (κ2) is 9.49. The maximum Gasteiger partial charge on any atom is 0.269 e. The number of nitro groups is 1. The Balaban J connectivity index is 1.51. The van der Waals surface area contributed by atoms with Crippen molar-refractivity contribution in [2.24, 2.45) is 5.92 Å². The lowest BCUT2D eigenvalue weighted by Gasteiger charge is -2.38. The van der Waals surface area contributed by atoms with Crippen molar-refractivity contribution >= 4 is 46.5 Å². The van der Waals surface area contributed by atoms with Crippen LogP contribution in [0.3, 0.4) is 0 Å². The van der Waals surface area contributed by atoms with Gasteiger partial charge in [-0.25, -0.2) is 0 Å². The molecule has 0 unspecified atom stereocenters. The number of non-ortho nitro benzene ring substituents is 1. The summed E-state index contributed by atoms with van der Waals surface area (Å²) in [6, 6.07) is 24.9. The zero-order valence-electron chi connectivity index (χ0n) is 21.9. The fourth-order valence-electron chi connectivity index (χ4n) is 6.88. The van der Waals surface area contributed by atoms with Gasteiger partial charge < -0.3 is 10.2 Å². The molecule has 1 saturated heterocycles. The molecule has 4 aromatic rings. The van der Waals surface area contributed by atoms with Crippen LogP contribution in [0.25, 0.3) is 6.08 Å². The minimum Gasteiger partial charge on any atom is -0.358 e. The Morgan fingerprint density at radius 2 is 1.50 bits per heavy atom. The maximum atomic E-state index is 14.7.